The maximum atomic E-state index is 14.0. The number of piperidine rings is 1. The predicted molar refractivity (Wildman–Crippen MR) is 102 cm³/mol. The summed E-state index contributed by atoms with van der Waals surface area (Å²) in [5.74, 6) is -0.309. The van der Waals surface area contributed by atoms with Crippen molar-refractivity contribution in [1.82, 2.24) is 4.90 Å². The summed E-state index contributed by atoms with van der Waals surface area (Å²) in [6.07, 6.45) is 1.64. The molecule has 0 aliphatic carbocycles. The summed E-state index contributed by atoms with van der Waals surface area (Å²) in [4.78, 5) is 17.1. The number of fused-ring (bicyclic) bond motifs is 2. The Hall–Kier alpha value is -2.71. The van der Waals surface area contributed by atoms with Gasteiger partial charge in [0.15, 0.2) is 0 Å². The topological polar surface area (TPSA) is 47.3 Å². The minimum atomic E-state index is -0.266. The fourth-order valence-electron chi connectivity index (χ4n) is 4.34. The first-order valence-electron chi connectivity index (χ1n) is 9.30. The Labute approximate surface area is 158 Å². The fourth-order valence-corrected chi connectivity index (χ4v) is 4.34. The van der Waals surface area contributed by atoms with Gasteiger partial charge in [0.25, 0.3) is 5.91 Å². The van der Waals surface area contributed by atoms with Crippen molar-refractivity contribution in [3.63, 3.8) is 0 Å². The Balaban J connectivity index is 1.67. The third-order valence-electron chi connectivity index (χ3n) is 5.93. The van der Waals surface area contributed by atoms with Crippen LogP contribution in [0, 0.1) is 24.1 Å². The first-order valence-corrected chi connectivity index (χ1v) is 9.30. The molecular formula is C22H22FN3O. The molecule has 2 aromatic rings. The molecule has 2 aliphatic rings. The van der Waals surface area contributed by atoms with Gasteiger partial charge in [-0.25, -0.2) is 4.39 Å². The van der Waals surface area contributed by atoms with Crippen LogP contribution in [-0.2, 0) is 5.41 Å². The van der Waals surface area contributed by atoms with Gasteiger partial charge in [-0.2, -0.15) is 5.26 Å². The molecule has 2 aliphatic heterocycles. The minimum absolute atomic E-state index is 0.0424. The predicted octanol–water partition coefficient (Wildman–Crippen LogP) is 3.65. The number of hydrogen-bond acceptors (Lipinski definition) is 3. The van der Waals surface area contributed by atoms with Crippen molar-refractivity contribution in [3.8, 4) is 6.07 Å². The van der Waals surface area contributed by atoms with Crippen molar-refractivity contribution in [2.24, 2.45) is 0 Å². The number of halogens is 1. The summed E-state index contributed by atoms with van der Waals surface area (Å²) in [5, 5.41) is 8.94. The van der Waals surface area contributed by atoms with Crippen LogP contribution >= 0.6 is 0 Å². The average Bonchev–Trinajstić information content (AvgIpc) is 2.98. The summed E-state index contributed by atoms with van der Waals surface area (Å²) < 4.78 is 14.0. The standard InChI is InChI=1S/C22H22FN3O/c1-16-2-4-17(5-3-16)21(27)26-15-22(8-11-25(12-9-22)13-10-24)19-14-18(23)6-7-20(19)26/h2-7,14H,8-9,11-13,15H2,1H3. The Bertz CT molecular complexity index is 908. The highest BCUT2D eigenvalue weighted by Gasteiger charge is 2.46. The SMILES string of the molecule is Cc1ccc(C(=O)N2CC3(CCN(CC#N)CC3)c3cc(F)ccc32)cc1. The third-order valence-corrected chi connectivity index (χ3v) is 5.93. The molecule has 1 spiro atoms. The van der Waals surface area contributed by atoms with E-state index in [4.69, 9.17) is 5.26 Å². The summed E-state index contributed by atoms with van der Waals surface area (Å²) in [6.45, 7) is 4.55. The number of nitriles is 1. The maximum absolute atomic E-state index is 14.0. The molecule has 4 nitrogen and oxygen atoms in total. The number of likely N-dealkylation sites (tertiary alicyclic amines) is 1. The molecule has 138 valence electrons. The Morgan fingerprint density at radius 3 is 2.56 bits per heavy atom. The van der Waals surface area contributed by atoms with E-state index in [1.807, 2.05) is 31.2 Å². The number of nitrogens with zero attached hydrogens (tertiary/aromatic N) is 3. The zero-order chi connectivity index (χ0) is 19.0. The highest BCUT2D eigenvalue weighted by molar-refractivity contribution is 6.07. The number of benzene rings is 2. The van der Waals surface area contributed by atoms with Crippen LogP contribution in [0.2, 0.25) is 0 Å². The van der Waals surface area contributed by atoms with E-state index in [2.05, 4.69) is 11.0 Å². The third kappa shape index (κ3) is 3.11. The first-order chi connectivity index (χ1) is 13.0. The van der Waals surface area contributed by atoms with Gasteiger partial charge in [0.2, 0.25) is 0 Å². The van der Waals surface area contributed by atoms with Gasteiger partial charge in [-0.05, 0) is 55.7 Å². The van der Waals surface area contributed by atoms with Crippen molar-refractivity contribution in [1.29, 1.82) is 5.26 Å². The molecule has 1 fully saturated rings. The second kappa shape index (κ2) is 6.79. The Kier molecular flexibility index (Phi) is 4.45. The number of aryl methyl sites for hydroxylation is 1. The van der Waals surface area contributed by atoms with Crippen LogP contribution in [0.15, 0.2) is 42.5 Å². The molecule has 0 atom stereocenters. The molecule has 1 saturated heterocycles. The summed E-state index contributed by atoms with van der Waals surface area (Å²) in [6, 6.07) is 14.5. The van der Waals surface area contributed by atoms with Crippen LogP contribution in [0.1, 0.15) is 34.3 Å². The zero-order valence-corrected chi connectivity index (χ0v) is 15.4. The molecule has 1 amide bonds. The van der Waals surface area contributed by atoms with Gasteiger partial charge in [0, 0.05) is 36.3 Å². The monoisotopic (exact) mass is 363 g/mol. The molecule has 0 radical (unpaired) electrons. The van der Waals surface area contributed by atoms with Crippen LogP contribution < -0.4 is 4.90 Å². The van der Waals surface area contributed by atoms with Crippen LogP contribution in [0.25, 0.3) is 0 Å². The van der Waals surface area contributed by atoms with E-state index in [9.17, 15) is 9.18 Å². The molecule has 27 heavy (non-hydrogen) atoms. The minimum Gasteiger partial charge on any atom is -0.307 e. The lowest BCUT2D eigenvalue weighted by molar-refractivity contribution is 0.0978. The lowest BCUT2D eigenvalue weighted by Crippen LogP contribution is -2.46. The smallest absolute Gasteiger partial charge is 0.258 e. The van der Waals surface area contributed by atoms with E-state index >= 15 is 0 Å². The lowest BCUT2D eigenvalue weighted by Gasteiger charge is -2.39. The average molecular weight is 363 g/mol. The van der Waals surface area contributed by atoms with Crippen LogP contribution in [0.3, 0.4) is 0 Å². The van der Waals surface area contributed by atoms with Gasteiger partial charge < -0.3 is 4.90 Å². The highest BCUT2D eigenvalue weighted by Crippen LogP contribution is 2.47. The van der Waals surface area contributed by atoms with E-state index < -0.39 is 0 Å². The van der Waals surface area contributed by atoms with E-state index in [-0.39, 0.29) is 17.1 Å². The molecule has 2 heterocycles. The van der Waals surface area contributed by atoms with Gasteiger partial charge in [-0.3, -0.25) is 9.69 Å². The second-order valence-corrected chi connectivity index (χ2v) is 7.63. The number of anilines is 1. The van der Waals surface area contributed by atoms with Gasteiger partial charge >= 0.3 is 0 Å². The van der Waals surface area contributed by atoms with E-state index in [0.717, 1.165) is 42.7 Å². The molecule has 2 aromatic carbocycles. The molecule has 5 heteroatoms. The number of amides is 1. The van der Waals surface area contributed by atoms with Crippen molar-refractivity contribution >= 4 is 11.6 Å². The molecule has 0 bridgehead atoms. The van der Waals surface area contributed by atoms with Gasteiger partial charge in [0.1, 0.15) is 5.82 Å². The van der Waals surface area contributed by atoms with Crippen LogP contribution in [0.4, 0.5) is 10.1 Å². The van der Waals surface area contributed by atoms with Gasteiger partial charge in [0.05, 0.1) is 12.6 Å². The molecule has 0 aromatic heterocycles. The summed E-state index contributed by atoms with van der Waals surface area (Å²) >= 11 is 0. The van der Waals surface area contributed by atoms with Crippen molar-refractivity contribution < 1.29 is 9.18 Å². The van der Waals surface area contributed by atoms with Crippen LogP contribution in [-0.4, -0.2) is 37.0 Å². The fraction of sp³-hybridized carbons (Fsp3) is 0.364. The highest BCUT2D eigenvalue weighted by atomic mass is 19.1. The summed E-state index contributed by atoms with van der Waals surface area (Å²) in [7, 11) is 0. The molecule has 0 unspecified atom stereocenters. The first kappa shape index (κ1) is 17.7. The van der Waals surface area contributed by atoms with E-state index in [0.29, 0.717) is 18.7 Å². The second-order valence-electron chi connectivity index (χ2n) is 7.63. The van der Waals surface area contributed by atoms with Gasteiger partial charge in [-0.1, -0.05) is 17.7 Å². The largest absolute Gasteiger partial charge is 0.307 e. The Morgan fingerprint density at radius 1 is 1.19 bits per heavy atom. The van der Waals surface area contributed by atoms with Crippen LogP contribution in [0.5, 0.6) is 0 Å². The lowest BCUT2D eigenvalue weighted by atomic mass is 9.74. The number of rotatable bonds is 2. The molecular weight excluding hydrogens is 341 g/mol. The Morgan fingerprint density at radius 2 is 1.89 bits per heavy atom. The number of carbonyl (C=O) groups excluding carboxylic acids is 1. The van der Waals surface area contributed by atoms with E-state index in [1.165, 1.54) is 6.07 Å². The van der Waals surface area contributed by atoms with Crippen molar-refractivity contribution in [2.45, 2.75) is 25.2 Å². The zero-order valence-electron chi connectivity index (χ0n) is 15.4. The normalized spacial score (nSPS) is 18.3. The molecule has 4 rings (SSSR count). The van der Waals surface area contributed by atoms with E-state index in [1.54, 1.807) is 17.0 Å². The quantitative estimate of drug-likeness (QED) is 0.765. The molecule has 0 N–H and O–H groups in total. The van der Waals surface area contributed by atoms with Crippen molar-refractivity contribution in [3.05, 3.63) is 65.0 Å². The number of hydrogen-bond donors (Lipinski definition) is 0. The number of carbonyl (C=O) groups is 1. The molecule has 0 saturated carbocycles. The summed E-state index contributed by atoms with van der Waals surface area (Å²) in [5.41, 5.74) is 3.27. The van der Waals surface area contributed by atoms with Gasteiger partial charge in [-0.15, -0.1) is 0 Å². The van der Waals surface area contributed by atoms with Crippen molar-refractivity contribution in [2.75, 3.05) is 31.1 Å². The maximum Gasteiger partial charge on any atom is 0.258 e.